The van der Waals surface area contributed by atoms with Gasteiger partial charge in [-0.25, -0.2) is 4.39 Å². The number of nitrogens with two attached hydrogens (primary N) is 1. The van der Waals surface area contributed by atoms with E-state index in [1.165, 1.54) is 24.3 Å². The molecule has 2 nitrogen and oxygen atoms in total. The molecule has 2 unspecified atom stereocenters. The van der Waals surface area contributed by atoms with Crippen molar-refractivity contribution in [1.82, 2.24) is 0 Å². The summed E-state index contributed by atoms with van der Waals surface area (Å²) in [6, 6.07) is 4.52. The maximum absolute atomic E-state index is 12.6. The molecule has 0 radical (unpaired) electrons. The van der Waals surface area contributed by atoms with Gasteiger partial charge in [0.05, 0.1) is 12.6 Å². The Labute approximate surface area is 96.4 Å². The summed E-state index contributed by atoms with van der Waals surface area (Å²) in [6.07, 6.45) is -6.27. The highest BCUT2D eigenvalue weighted by atomic mass is 19.4. The molecule has 0 aliphatic rings. The van der Waals surface area contributed by atoms with Crippen molar-refractivity contribution in [3.63, 3.8) is 0 Å². The Morgan fingerprint density at radius 1 is 1.24 bits per heavy atom. The average Bonchev–Trinajstić information content (AvgIpc) is 2.25. The zero-order valence-corrected chi connectivity index (χ0v) is 9.17. The van der Waals surface area contributed by atoms with Gasteiger partial charge in [-0.15, -0.1) is 0 Å². The second-order valence-electron chi connectivity index (χ2n) is 3.68. The Kier molecular flexibility index (Phi) is 4.47. The Morgan fingerprint density at radius 3 is 2.24 bits per heavy atom. The van der Waals surface area contributed by atoms with Gasteiger partial charge in [-0.1, -0.05) is 12.1 Å². The summed E-state index contributed by atoms with van der Waals surface area (Å²) in [4.78, 5) is 0. The number of rotatable bonds is 4. The molecule has 0 saturated carbocycles. The largest absolute Gasteiger partial charge is 0.414 e. The standard InChI is InChI=1S/C11H13F4NO/c1-7(11(13,14)15)17-6-10(16)8-2-4-9(12)5-3-8/h2-5,7,10H,6,16H2,1H3. The lowest BCUT2D eigenvalue weighted by Crippen LogP contribution is -2.31. The summed E-state index contributed by atoms with van der Waals surface area (Å²) in [5.41, 5.74) is 6.15. The van der Waals surface area contributed by atoms with E-state index in [9.17, 15) is 17.6 Å². The van der Waals surface area contributed by atoms with E-state index in [0.717, 1.165) is 6.92 Å². The van der Waals surface area contributed by atoms with E-state index in [-0.39, 0.29) is 6.61 Å². The molecular weight excluding hydrogens is 238 g/mol. The minimum atomic E-state index is -4.40. The van der Waals surface area contributed by atoms with E-state index in [2.05, 4.69) is 4.74 Å². The van der Waals surface area contributed by atoms with Crippen LogP contribution in [0.5, 0.6) is 0 Å². The highest BCUT2D eigenvalue weighted by Gasteiger charge is 2.37. The predicted molar refractivity (Wildman–Crippen MR) is 54.8 cm³/mol. The van der Waals surface area contributed by atoms with Crippen molar-refractivity contribution >= 4 is 0 Å². The van der Waals surface area contributed by atoms with Crippen molar-refractivity contribution in [2.75, 3.05) is 6.61 Å². The van der Waals surface area contributed by atoms with Crippen LogP contribution in [0.4, 0.5) is 17.6 Å². The Balaban J connectivity index is 2.50. The van der Waals surface area contributed by atoms with Crippen LogP contribution in [0.2, 0.25) is 0 Å². The smallest absolute Gasteiger partial charge is 0.367 e. The zero-order chi connectivity index (χ0) is 13.1. The first-order valence-electron chi connectivity index (χ1n) is 5.00. The Morgan fingerprint density at radius 2 is 1.76 bits per heavy atom. The fraction of sp³-hybridized carbons (Fsp3) is 0.455. The van der Waals surface area contributed by atoms with Gasteiger partial charge in [0.25, 0.3) is 0 Å². The van der Waals surface area contributed by atoms with E-state index in [1.807, 2.05) is 0 Å². The molecule has 0 spiro atoms. The quantitative estimate of drug-likeness (QED) is 0.835. The lowest BCUT2D eigenvalue weighted by molar-refractivity contribution is -0.215. The molecule has 0 aliphatic carbocycles. The van der Waals surface area contributed by atoms with Gasteiger partial charge in [-0.2, -0.15) is 13.2 Å². The molecule has 96 valence electrons. The van der Waals surface area contributed by atoms with Crippen LogP contribution in [0, 0.1) is 5.82 Å². The molecule has 0 amide bonds. The zero-order valence-electron chi connectivity index (χ0n) is 9.17. The first-order valence-corrected chi connectivity index (χ1v) is 5.00. The van der Waals surface area contributed by atoms with Gasteiger partial charge in [-0.3, -0.25) is 0 Å². The van der Waals surface area contributed by atoms with Crippen molar-refractivity contribution in [3.05, 3.63) is 35.6 Å². The molecule has 0 fully saturated rings. The number of hydrogen-bond acceptors (Lipinski definition) is 2. The maximum atomic E-state index is 12.6. The van der Waals surface area contributed by atoms with Crippen LogP contribution in [0.15, 0.2) is 24.3 Å². The molecule has 0 aromatic heterocycles. The molecule has 6 heteroatoms. The van der Waals surface area contributed by atoms with Crippen LogP contribution in [-0.2, 0) is 4.74 Å². The monoisotopic (exact) mass is 251 g/mol. The lowest BCUT2D eigenvalue weighted by atomic mass is 10.1. The molecule has 2 N–H and O–H groups in total. The van der Waals surface area contributed by atoms with Gasteiger partial charge in [-0.05, 0) is 24.6 Å². The van der Waals surface area contributed by atoms with Crippen LogP contribution in [0.1, 0.15) is 18.5 Å². The number of hydrogen-bond donors (Lipinski definition) is 1. The van der Waals surface area contributed by atoms with E-state index >= 15 is 0 Å². The third-order valence-electron chi connectivity index (χ3n) is 2.28. The molecule has 1 aromatic carbocycles. The van der Waals surface area contributed by atoms with Crippen molar-refractivity contribution in [2.45, 2.75) is 25.2 Å². The molecule has 1 aromatic rings. The summed E-state index contributed by atoms with van der Waals surface area (Å²) in [7, 11) is 0. The van der Waals surface area contributed by atoms with E-state index in [1.54, 1.807) is 0 Å². The molecule has 0 aliphatic heterocycles. The first-order chi connectivity index (χ1) is 7.80. The number of ether oxygens (including phenoxy) is 1. The Hall–Kier alpha value is -1.14. The summed E-state index contributed by atoms with van der Waals surface area (Å²) < 4.78 is 53.6. The molecule has 17 heavy (non-hydrogen) atoms. The van der Waals surface area contributed by atoms with Gasteiger partial charge in [0.2, 0.25) is 0 Å². The van der Waals surface area contributed by atoms with Crippen LogP contribution < -0.4 is 5.73 Å². The van der Waals surface area contributed by atoms with Gasteiger partial charge >= 0.3 is 6.18 Å². The van der Waals surface area contributed by atoms with E-state index in [0.29, 0.717) is 5.56 Å². The van der Waals surface area contributed by atoms with Crippen LogP contribution in [-0.4, -0.2) is 18.9 Å². The second kappa shape index (κ2) is 5.46. The first kappa shape index (κ1) is 13.9. The normalized spacial score (nSPS) is 15.6. The number of alkyl halides is 3. The SMILES string of the molecule is CC(OCC(N)c1ccc(F)cc1)C(F)(F)F. The van der Waals surface area contributed by atoms with E-state index in [4.69, 9.17) is 5.73 Å². The summed E-state index contributed by atoms with van der Waals surface area (Å²) in [5, 5.41) is 0. The van der Waals surface area contributed by atoms with Crippen molar-refractivity contribution in [3.8, 4) is 0 Å². The number of halogens is 4. The lowest BCUT2D eigenvalue weighted by Gasteiger charge is -2.19. The second-order valence-corrected chi connectivity index (χ2v) is 3.68. The maximum Gasteiger partial charge on any atom is 0.414 e. The summed E-state index contributed by atoms with van der Waals surface area (Å²) in [5.74, 6) is -0.425. The molecule has 0 saturated heterocycles. The fourth-order valence-corrected chi connectivity index (χ4v) is 1.15. The number of benzene rings is 1. The van der Waals surface area contributed by atoms with Gasteiger partial charge in [0, 0.05) is 0 Å². The van der Waals surface area contributed by atoms with Crippen molar-refractivity contribution < 1.29 is 22.3 Å². The van der Waals surface area contributed by atoms with E-state index < -0.39 is 24.1 Å². The minimum absolute atomic E-state index is 0.272. The summed E-state index contributed by atoms with van der Waals surface area (Å²) >= 11 is 0. The molecule has 2 atom stereocenters. The summed E-state index contributed by atoms with van der Waals surface area (Å²) in [6.45, 7) is 0.643. The van der Waals surface area contributed by atoms with Gasteiger partial charge < -0.3 is 10.5 Å². The van der Waals surface area contributed by atoms with Crippen LogP contribution in [0.3, 0.4) is 0 Å². The minimum Gasteiger partial charge on any atom is -0.367 e. The predicted octanol–water partition coefficient (Wildman–Crippen LogP) is 2.79. The van der Waals surface area contributed by atoms with Gasteiger partial charge in [0.15, 0.2) is 6.10 Å². The Bertz CT molecular complexity index is 349. The highest BCUT2D eigenvalue weighted by molar-refractivity contribution is 5.19. The van der Waals surface area contributed by atoms with Gasteiger partial charge in [0.1, 0.15) is 5.82 Å². The van der Waals surface area contributed by atoms with Crippen molar-refractivity contribution in [1.29, 1.82) is 0 Å². The topological polar surface area (TPSA) is 35.2 Å². The third kappa shape index (κ3) is 4.32. The van der Waals surface area contributed by atoms with Crippen LogP contribution in [0.25, 0.3) is 0 Å². The fourth-order valence-electron chi connectivity index (χ4n) is 1.15. The molecule has 1 rings (SSSR count). The molecule has 0 bridgehead atoms. The van der Waals surface area contributed by atoms with Crippen molar-refractivity contribution in [2.24, 2.45) is 5.73 Å². The average molecular weight is 251 g/mol. The molecular formula is C11H13F4NO. The molecule has 0 heterocycles. The highest BCUT2D eigenvalue weighted by Crippen LogP contribution is 2.23. The third-order valence-corrected chi connectivity index (χ3v) is 2.28. The van der Waals surface area contributed by atoms with Crippen LogP contribution >= 0.6 is 0 Å².